The molecule has 1 unspecified atom stereocenters. The van der Waals surface area contributed by atoms with Crippen LogP contribution >= 0.6 is 0 Å². The number of fused-ring (bicyclic) bond motifs is 2. The van der Waals surface area contributed by atoms with Crippen LogP contribution in [0.15, 0.2) is 73.1 Å². The summed E-state index contributed by atoms with van der Waals surface area (Å²) in [6, 6.07) is 17.6. The van der Waals surface area contributed by atoms with E-state index in [-0.39, 0.29) is 11.6 Å². The van der Waals surface area contributed by atoms with E-state index in [0.29, 0.717) is 5.56 Å². The number of carbonyl (C=O) groups excluding carboxylic acids is 1. The maximum Gasteiger partial charge on any atom is 0.416 e. The fourth-order valence-electron chi connectivity index (χ4n) is 4.26. The Morgan fingerprint density at radius 3 is 2.60 bits per heavy atom. The highest BCUT2D eigenvalue weighted by Crippen LogP contribution is 2.47. The molecular weight excluding hydrogens is 391 g/mol. The Balaban J connectivity index is 1.76. The number of rotatable bonds is 2. The first-order chi connectivity index (χ1) is 14.3. The van der Waals surface area contributed by atoms with Crippen molar-refractivity contribution >= 4 is 22.6 Å². The van der Waals surface area contributed by atoms with E-state index in [1.807, 2.05) is 37.3 Å². The molecule has 0 saturated carbocycles. The molecule has 1 aliphatic rings. The number of H-pyrrole nitrogens is 1. The zero-order valence-electron chi connectivity index (χ0n) is 15.9. The molecule has 1 atom stereocenters. The van der Waals surface area contributed by atoms with Crippen molar-refractivity contribution in [1.82, 2.24) is 9.97 Å². The van der Waals surface area contributed by atoms with Crippen molar-refractivity contribution in [1.29, 1.82) is 0 Å². The highest BCUT2D eigenvalue weighted by atomic mass is 19.4. The molecule has 5 rings (SSSR count). The van der Waals surface area contributed by atoms with Gasteiger partial charge in [0, 0.05) is 11.3 Å². The molecule has 0 radical (unpaired) electrons. The average Bonchev–Trinajstić information content (AvgIpc) is 3.29. The average molecular weight is 407 g/mol. The normalized spacial score (nSPS) is 18.8. The SMILES string of the molecule is CC1(c2ccc3nc[nH]c3c2)c2ccccc2C(=O)N1c1cccc(C(F)(F)F)c1. The maximum atomic E-state index is 13.4. The number of anilines is 1. The van der Waals surface area contributed by atoms with Gasteiger partial charge in [-0.1, -0.05) is 30.3 Å². The highest BCUT2D eigenvalue weighted by Gasteiger charge is 2.48. The summed E-state index contributed by atoms with van der Waals surface area (Å²) in [5, 5.41) is 0. The van der Waals surface area contributed by atoms with E-state index in [0.717, 1.165) is 34.3 Å². The van der Waals surface area contributed by atoms with Gasteiger partial charge in [-0.25, -0.2) is 4.98 Å². The molecule has 2 heterocycles. The van der Waals surface area contributed by atoms with Gasteiger partial charge < -0.3 is 4.98 Å². The Kier molecular flexibility index (Phi) is 3.80. The molecule has 0 fully saturated rings. The summed E-state index contributed by atoms with van der Waals surface area (Å²) >= 11 is 0. The Hall–Kier alpha value is -3.61. The molecule has 1 aromatic heterocycles. The minimum Gasteiger partial charge on any atom is -0.345 e. The second-order valence-corrected chi connectivity index (χ2v) is 7.44. The van der Waals surface area contributed by atoms with Crippen molar-refractivity contribution in [3.05, 3.63) is 95.3 Å². The number of aromatic nitrogens is 2. The Bertz CT molecular complexity index is 1290. The molecule has 3 aromatic carbocycles. The lowest BCUT2D eigenvalue weighted by Crippen LogP contribution is -2.42. The zero-order chi connectivity index (χ0) is 21.1. The van der Waals surface area contributed by atoms with Gasteiger partial charge in [0.25, 0.3) is 5.91 Å². The van der Waals surface area contributed by atoms with Crippen molar-refractivity contribution in [2.45, 2.75) is 18.6 Å². The quantitative estimate of drug-likeness (QED) is 0.477. The Labute approximate surface area is 170 Å². The standard InChI is InChI=1S/C23H16F3N3O/c1-22(14-9-10-19-20(12-14)28-13-27-19)18-8-3-2-7-17(18)21(30)29(22)16-6-4-5-15(11-16)23(24,25)26/h2-13H,1H3,(H,27,28). The number of carbonyl (C=O) groups is 1. The van der Waals surface area contributed by atoms with Crippen molar-refractivity contribution in [2.24, 2.45) is 0 Å². The first kappa shape index (κ1) is 18.4. The summed E-state index contributed by atoms with van der Waals surface area (Å²) in [7, 11) is 0. The van der Waals surface area contributed by atoms with Crippen molar-refractivity contribution in [3.8, 4) is 0 Å². The predicted molar refractivity (Wildman–Crippen MR) is 107 cm³/mol. The third-order valence-electron chi connectivity index (χ3n) is 5.75. The molecule has 1 N–H and O–H groups in total. The molecule has 0 spiro atoms. The van der Waals surface area contributed by atoms with Gasteiger partial charge in [0.15, 0.2) is 0 Å². The zero-order valence-corrected chi connectivity index (χ0v) is 15.9. The van der Waals surface area contributed by atoms with Crippen molar-refractivity contribution in [2.75, 3.05) is 4.90 Å². The monoisotopic (exact) mass is 407 g/mol. The minimum absolute atomic E-state index is 0.193. The topological polar surface area (TPSA) is 49.0 Å². The van der Waals surface area contributed by atoms with E-state index < -0.39 is 17.3 Å². The molecule has 30 heavy (non-hydrogen) atoms. The molecule has 0 aliphatic carbocycles. The van der Waals surface area contributed by atoms with E-state index in [9.17, 15) is 18.0 Å². The number of amides is 1. The lowest BCUT2D eigenvalue weighted by molar-refractivity contribution is -0.137. The summed E-state index contributed by atoms with van der Waals surface area (Å²) in [5.41, 5.74) is 1.95. The second-order valence-electron chi connectivity index (χ2n) is 7.44. The Morgan fingerprint density at radius 2 is 1.80 bits per heavy atom. The van der Waals surface area contributed by atoms with E-state index in [1.54, 1.807) is 18.5 Å². The predicted octanol–water partition coefficient (Wildman–Crippen LogP) is 5.51. The number of imidazole rings is 1. The van der Waals surface area contributed by atoms with Crippen LogP contribution in [-0.4, -0.2) is 15.9 Å². The van der Waals surface area contributed by atoms with Crippen molar-refractivity contribution in [3.63, 3.8) is 0 Å². The van der Waals surface area contributed by atoms with Crippen LogP contribution in [0.4, 0.5) is 18.9 Å². The number of alkyl halides is 3. The largest absolute Gasteiger partial charge is 0.416 e. The van der Waals surface area contributed by atoms with Gasteiger partial charge in [-0.3, -0.25) is 9.69 Å². The molecule has 150 valence electrons. The first-order valence-electron chi connectivity index (χ1n) is 9.35. The fraction of sp³-hybridized carbons (Fsp3) is 0.130. The van der Waals surface area contributed by atoms with Gasteiger partial charge in [0.1, 0.15) is 0 Å². The van der Waals surface area contributed by atoms with Crippen LogP contribution in [-0.2, 0) is 11.7 Å². The molecular formula is C23H16F3N3O. The molecule has 4 aromatic rings. The van der Waals surface area contributed by atoms with Crippen LogP contribution in [0.25, 0.3) is 11.0 Å². The first-order valence-corrected chi connectivity index (χ1v) is 9.35. The van der Waals surface area contributed by atoms with Crippen LogP contribution in [0.2, 0.25) is 0 Å². The lowest BCUT2D eigenvalue weighted by atomic mass is 9.84. The van der Waals surface area contributed by atoms with E-state index in [1.165, 1.54) is 17.0 Å². The molecule has 7 heteroatoms. The molecule has 1 aliphatic heterocycles. The summed E-state index contributed by atoms with van der Waals surface area (Å²) < 4.78 is 40.1. The number of halogens is 3. The number of nitrogens with one attached hydrogen (secondary N) is 1. The second kappa shape index (κ2) is 6.19. The highest BCUT2D eigenvalue weighted by molar-refractivity contribution is 6.13. The fourth-order valence-corrected chi connectivity index (χ4v) is 4.26. The third kappa shape index (κ3) is 2.55. The van der Waals surface area contributed by atoms with Gasteiger partial charge in [0.05, 0.1) is 28.5 Å². The number of hydrogen-bond donors (Lipinski definition) is 1. The molecule has 0 bridgehead atoms. The summed E-state index contributed by atoms with van der Waals surface area (Å²) in [4.78, 5) is 22.1. The third-order valence-corrected chi connectivity index (χ3v) is 5.75. The number of nitrogens with zero attached hydrogens (tertiary/aromatic N) is 2. The van der Waals surface area contributed by atoms with E-state index >= 15 is 0 Å². The molecule has 0 saturated heterocycles. The number of benzene rings is 3. The minimum atomic E-state index is -4.50. The molecule has 4 nitrogen and oxygen atoms in total. The summed E-state index contributed by atoms with van der Waals surface area (Å²) in [6.07, 6.45) is -2.92. The number of aromatic amines is 1. The number of hydrogen-bond acceptors (Lipinski definition) is 2. The van der Waals surface area contributed by atoms with Crippen LogP contribution < -0.4 is 4.90 Å². The van der Waals surface area contributed by atoms with E-state index in [2.05, 4.69) is 9.97 Å². The van der Waals surface area contributed by atoms with Gasteiger partial charge in [-0.2, -0.15) is 13.2 Å². The summed E-state index contributed by atoms with van der Waals surface area (Å²) in [5.74, 6) is -0.336. The van der Waals surface area contributed by atoms with Crippen LogP contribution in [0.5, 0.6) is 0 Å². The van der Waals surface area contributed by atoms with Crippen LogP contribution in [0, 0.1) is 0 Å². The van der Waals surface area contributed by atoms with Crippen molar-refractivity contribution < 1.29 is 18.0 Å². The van der Waals surface area contributed by atoms with E-state index in [4.69, 9.17) is 0 Å². The Morgan fingerprint density at radius 1 is 1.00 bits per heavy atom. The van der Waals surface area contributed by atoms with Gasteiger partial charge in [-0.15, -0.1) is 0 Å². The van der Waals surface area contributed by atoms with Crippen LogP contribution in [0.3, 0.4) is 0 Å². The van der Waals surface area contributed by atoms with Gasteiger partial charge in [-0.05, 0) is 54.4 Å². The van der Waals surface area contributed by atoms with Gasteiger partial charge >= 0.3 is 6.18 Å². The van der Waals surface area contributed by atoms with Crippen LogP contribution in [0.1, 0.15) is 34.0 Å². The lowest BCUT2D eigenvalue weighted by Gasteiger charge is -2.37. The smallest absolute Gasteiger partial charge is 0.345 e. The maximum absolute atomic E-state index is 13.4. The van der Waals surface area contributed by atoms with Gasteiger partial charge in [0.2, 0.25) is 0 Å². The summed E-state index contributed by atoms with van der Waals surface area (Å²) in [6.45, 7) is 1.86. The molecule has 1 amide bonds.